The highest BCUT2D eigenvalue weighted by Crippen LogP contribution is 2.28. The smallest absolute Gasteiger partial charge is 0.257 e. The molecule has 8 nitrogen and oxygen atoms in total. The molecule has 0 N–H and O–H groups in total. The van der Waals surface area contributed by atoms with Crippen LogP contribution in [0.1, 0.15) is 20.8 Å². The molecule has 1 amide bonds. The summed E-state index contributed by atoms with van der Waals surface area (Å²) < 4.78 is 10.6. The number of piperazine rings is 1. The highest BCUT2D eigenvalue weighted by Gasteiger charge is 2.26. The van der Waals surface area contributed by atoms with E-state index in [0.29, 0.717) is 0 Å². The number of aromatic nitrogens is 2. The highest BCUT2D eigenvalue weighted by molar-refractivity contribution is 5.98. The van der Waals surface area contributed by atoms with E-state index >= 15 is 0 Å². The summed E-state index contributed by atoms with van der Waals surface area (Å²) in [6.07, 6.45) is 1.64. The van der Waals surface area contributed by atoms with Crippen molar-refractivity contribution in [2.45, 2.75) is 20.8 Å². The Balaban J connectivity index is 1.61. The maximum atomic E-state index is 12.0. The van der Waals surface area contributed by atoms with Crippen LogP contribution in [0.5, 0.6) is 5.75 Å². The lowest BCUT2D eigenvalue weighted by atomic mass is 9.96. The Morgan fingerprint density at radius 1 is 1.23 bits per heavy atom. The molecule has 2 heterocycles. The molecule has 140 valence electrons. The van der Waals surface area contributed by atoms with Gasteiger partial charge in [0.15, 0.2) is 0 Å². The van der Waals surface area contributed by atoms with Gasteiger partial charge in [-0.3, -0.25) is 0 Å². The Hall–Kier alpha value is -2.77. The summed E-state index contributed by atoms with van der Waals surface area (Å²) in [6, 6.07) is 8.01. The van der Waals surface area contributed by atoms with Crippen LogP contribution < -0.4 is 19.4 Å². The first-order chi connectivity index (χ1) is 12.4. The number of methoxy groups -OCH3 is 1. The maximum absolute atomic E-state index is 12.0. The number of para-hydroxylation sites is 2. The van der Waals surface area contributed by atoms with E-state index in [4.69, 9.17) is 9.26 Å². The molecule has 1 aromatic carbocycles. The average Bonchev–Trinajstić information content (AvgIpc) is 3.09. The van der Waals surface area contributed by atoms with Gasteiger partial charge in [-0.25, -0.2) is 0 Å². The van der Waals surface area contributed by atoms with Gasteiger partial charge < -0.3 is 24.3 Å². The predicted octanol–water partition coefficient (Wildman–Crippen LogP) is 2.01. The third-order valence-electron chi connectivity index (χ3n) is 4.27. The zero-order chi connectivity index (χ0) is 18.7. The Morgan fingerprint density at radius 2 is 1.92 bits per heavy atom. The van der Waals surface area contributed by atoms with E-state index in [0.717, 1.165) is 37.6 Å². The van der Waals surface area contributed by atoms with Crippen LogP contribution >= 0.6 is 0 Å². The summed E-state index contributed by atoms with van der Waals surface area (Å²) in [5.74, 6) is 0.857. The molecule has 1 saturated heterocycles. The zero-order valence-electron chi connectivity index (χ0n) is 15.7. The molecular weight excluding hydrogens is 334 g/mol. The number of anilines is 1. The van der Waals surface area contributed by atoms with Crippen LogP contribution in [-0.4, -0.2) is 44.5 Å². The molecule has 1 fully saturated rings. The molecule has 0 spiro atoms. The van der Waals surface area contributed by atoms with E-state index in [1.54, 1.807) is 18.1 Å². The molecule has 1 aliphatic rings. The van der Waals surface area contributed by atoms with Gasteiger partial charge in [-0.05, 0) is 12.1 Å². The van der Waals surface area contributed by atoms with E-state index in [9.17, 15) is 4.79 Å². The first kappa shape index (κ1) is 18.0. The van der Waals surface area contributed by atoms with Crippen LogP contribution in [-0.2, 0) is 4.79 Å². The van der Waals surface area contributed by atoms with Gasteiger partial charge in [0, 0.05) is 18.5 Å². The largest absolute Gasteiger partial charge is 0.588 e. The number of ether oxygens (including phenoxy) is 1. The van der Waals surface area contributed by atoms with Crippen LogP contribution in [0, 0.1) is 5.41 Å². The van der Waals surface area contributed by atoms with E-state index in [1.165, 1.54) is 0 Å². The second kappa shape index (κ2) is 7.23. The lowest BCUT2D eigenvalue weighted by molar-refractivity contribution is -0.758. The molecule has 0 radical (unpaired) electrons. The quantitative estimate of drug-likeness (QED) is 0.777. The minimum absolute atomic E-state index is 0.220. The van der Waals surface area contributed by atoms with Crippen molar-refractivity contribution in [3.8, 4) is 5.75 Å². The molecule has 0 saturated carbocycles. The lowest BCUT2D eigenvalue weighted by Crippen LogP contribution is -2.65. The maximum Gasteiger partial charge on any atom is 0.257 e. The van der Waals surface area contributed by atoms with Gasteiger partial charge >= 0.3 is 0 Å². The fourth-order valence-electron chi connectivity index (χ4n) is 2.71. The van der Waals surface area contributed by atoms with Crippen LogP contribution in [0.15, 0.2) is 35.0 Å². The number of benzene rings is 1. The molecule has 26 heavy (non-hydrogen) atoms. The minimum Gasteiger partial charge on any atom is -0.588 e. The number of hydrogen-bond acceptors (Lipinski definition) is 6. The third kappa shape index (κ3) is 3.89. The number of rotatable bonds is 4. The monoisotopic (exact) mass is 359 g/mol. The van der Waals surface area contributed by atoms with Gasteiger partial charge in [-0.1, -0.05) is 32.9 Å². The number of carbonyl (C=O) groups is 1. The fraction of sp³-hybridized carbons (Fsp3) is 0.500. The van der Waals surface area contributed by atoms with Crippen molar-refractivity contribution in [3.63, 3.8) is 0 Å². The van der Waals surface area contributed by atoms with Crippen LogP contribution in [0.4, 0.5) is 11.6 Å². The molecular formula is C18H25N5O3. The fourth-order valence-corrected chi connectivity index (χ4v) is 2.71. The molecule has 1 aromatic heterocycles. The number of nitrogens with zero attached hydrogens (tertiary/aromatic N) is 5. The normalized spacial score (nSPS) is 15.1. The van der Waals surface area contributed by atoms with Gasteiger partial charge in [-0.15, -0.1) is 5.01 Å². The summed E-state index contributed by atoms with van der Waals surface area (Å²) in [6.45, 7) is 8.64. The molecule has 0 atom stereocenters. The van der Waals surface area contributed by atoms with E-state index in [1.807, 2.05) is 39.0 Å². The van der Waals surface area contributed by atoms with Crippen molar-refractivity contribution in [1.29, 1.82) is 0 Å². The second-order valence-corrected chi connectivity index (χ2v) is 7.24. The zero-order valence-corrected chi connectivity index (χ0v) is 15.7. The molecule has 2 aromatic rings. The van der Waals surface area contributed by atoms with Crippen LogP contribution in [0.25, 0.3) is 5.32 Å². The van der Waals surface area contributed by atoms with Crippen molar-refractivity contribution in [1.82, 2.24) is 5.27 Å². The summed E-state index contributed by atoms with van der Waals surface area (Å²) in [5, 5.41) is 10.0. The van der Waals surface area contributed by atoms with Gasteiger partial charge in [0.2, 0.25) is 5.27 Å². The first-order valence-electron chi connectivity index (χ1n) is 8.66. The van der Waals surface area contributed by atoms with E-state index < -0.39 is 5.41 Å². The number of hydrogen-bond donors (Lipinski definition) is 0. The highest BCUT2D eigenvalue weighted by atomic mass is 16.5. The summed E-state index contributed by atoms with van der Waals surface area (Å²) in [4.78, 5) is 15.9. The van der Waals surface area contributed by atoms with Gasteiger partial charge in [0.05, 0.1) is 36.6 Å². The molecule has 0 unspecified atom stereocenters. The van der Waals surface area contributed by atoms with Crippen molar-refractivity contribution >= 4 is 17.5 Å². The average molecular weight is 359 g/mol. The summed E-state index contributed by atoms with van der Waals surface area (Å²) >= 11 is 0. The predicted molar refractivity (Wildman–Crippen MR) is 97.3 cm³/mol. The second-order valence-electron chi connectivity index (χ2n) is 7.24. The van der Waals surface area contributed by atoms with Crippen LogP contribution in [0.3, 0.4) is 0 Å². The minimum atomic E-state index is -0.544. The van der Waals surface area contributed by atoms with Gasteiger partial charge in [0.25, 0.3) is 6.20 Å². The van der Waals surface area contributed by atoms with Crippen LogP contribution in [0.2, 0.25) is 0 Å². The number of carbonyl (C=O) groups excluding carboxylic acids is 1. The molecule has 0 aliphatic carbocycles. The van der Waals surface area contributed by atoms with Gasteiger partial charge in [0.1, 0.15) is 11.6 Å². The Bertz CT molecular complexity index is 760. The Kier molecular flexibility index (Phi) is 5.01. The van der Waals surface area contributed by atoms with Crippen molar-refractivity contribution in [2.24, 2.45) is 5.41 Å². The molecule has 3 rings (SSSR count). The Labute approximate surface area is 153 Å². The van der Waals surface area contributed by atoms with Crippen molar-refractivity contribution in [3.05, 3.63) is 35.8 Å². The molecule has 8 heteroatoms. The summed E-state index contributed by atoms with van der Waals surface area (Å²) in [7, 11) is 1.68. The van der Waals surface area contributed by atoms with Gasteiger partial charge in [-0.2, -0.15) is 0 Å². The molecule has 1 aliphatic heterocycles. The SMILES string of the molecule is COc1ccccc1N1CCN([n+]2cc([N-]C(=O)C(C)(C)C)on2)CC1. The van der Waals surface area contributed by atoms with E-state index in [2.05, 4.69) is 26.6 Å². The third-order valence-corrected chi connectivity index (χ3v) is 4.27. The standard InChI is InChI=1S/C18H25N5O3/c1-18(2,3)17(24)19-16-13-23(20-26-16)22-11-9-21(10-12-22)14-7-5-6-8-15(14)25-4/h5-8,13H,9-12H2,1-4H3. The first-order valence-corrected chi connectivity index (χ1v) is 8.66. The van der Waals surface area contributed by atoms with Crippen molar-refractivity contribution < 1.29 is 18.8 Å². The van der Waals surface area contributed by atoms with E-state index in [-0.39, 0.29) is 11.8 Å². The topological polar surface area (TPSA) is 76.8 Å². The number of amides is 1. The Morgan fingerprint density at radius 3 is 2.58 bits per heavy atom. The summed E-state index contributed by atoms with van der Waals surface area (Å²) in [5.41, 5.74) is 0.545. The molecule has 0 bridgehead atoms. The lowest BCUT2D eigenvalue weighted by Gasteiger charge is -2.32. The van der Waals surface area contributed by atoms with Crippen molar-refractivity contribution in [2.75, 3.05) is 43.2 Å².